The lowest BCUT2D eigenvalue weighted by molar-refractivity contribution is 0.171. The smallest absolute Gasteiger partial charge is 0.203 e. The van der Waals surface area contributed by atoms with Crippen LogP contribution in [0.25, 0.3) is 16.9 Å². The minimum atomic E-state index is -0.0834. The van der Waals surface area contributed by atoms with Crippen LogP contribution in [-0.2, 0) is 0 Å². The molecule has 0 saturated heterocycles. The minimum absolute atomic E-state index is 0.0834. The third kappa shape index (κ3) is 3.07. The highest BCUT2D eigenvalue weighted by Gasteiger charge is 2.21. The molecule has 3 heterocycles. The predicted octanol–water partition coefficient (Wildman–Crippen LogP) is 3.44. The number of phenols is 1. The predicted molar refractivity (Wildman–Crippen MR) is 115 cm³/mol. The zero-order valence-electron chi connectivity index (χ0n) is 17.3. The topological polar surface area (TPSA) is 126 Å². The maximum Gasteiger partial charge on any atom is 0.203 e. The third-order valence-electron chi connectivity index (χ3n) is 5.13. The van der Waals surface area contributed by atoms with Crippen molar-refractivity contribution in [3.63, 3.8) is 0 Å². The number of hydrogen-bond acceptors (Lipinski definition) is 8. The van der Waals surface area contributed by atoms with E-state index in [4.69, 9.17) is 18.9 Å². The molecule has 0 unspecified atom stereocenters. The van der Waals surface area contributed by atoms with Crippen molar-refractivity contribution in [3.8, 4) is 46.1 Å². The molecule has 1 aliphatic heterocycles. The van der Waals surface area contributed by atoms with Gasteiger partial charge in [0.1, 0.15) is 24.8 Å². The normalized spacial score (nSPS) is 12.4. The van der Waals surface area contributed by atoms with Crippen molar-refractivity contribution in [2.24, 2.45) is 0 Å². The van der Waals surface area contributed by atoms with Gasteiger partial charge in [0.05, 0.1) is 26.1 Å². The van der Waals surface area contributed by atoms with E-state index in [1.165, 1.54) is 20.4 Å². The Morgan fingerprint density at radius 3 is 2.72 bits per heavy atom. The van der Waals surface area contributed by atoms with Gasteiger partial charge in [-0.15, -0.1) is 0 Å². The number of aromatic hydroxyl groups is 1. The lowest BCUT2D eigenvalue weighted by Gasteiger charge is -2.19. The fraction of sp³-hybridized carbons (Fsp3) is 0.182. The highest BCUT2D eigenvalue weighted by Crippen LogP contribution is 2.43. The Kier molecular flexibility index (Phi) is 4.63. The number of aromatic amines is 1. The van der Waals surface area contributed by atoms with Gasteiger partial charge >= 0.3 is 0 Å². The number of imidazole rings is 1. The van der Waals surface area contributed by atoms with E-state index in [1.54, 1.807) is 16.6 Å². The van der Waals surface area contributed by atoms with Gasteiger partial charge in [0.2, 0.25) is 5.75 Å². The number of rotatable bonds is 5. The molecule has 2 aromatic carbocycles. The van der Waals surface area contributed by atoms with Crippen molar-refractivity contribution < 1.29 is 24.1 Å². The molecule has 0 bridgehead atoms. The van der Waals surface area contributed by atoms with Gasteiger partial charge in [-0.25, -0.2) is 0 Å². The van der Waals surface area contributed by atoms with Crippen molar-refractivity contribution in [3.05, 3.63) is 42.1 Å². The maximum absolute atomic E-state index is 10.5. The highest BCUT2D eigenvalue weighted by atomic mass is 16.6. The Bertz CT molecular complexity index is 1370. The minimum Gasteiger partial charge on any atom is -0.504 e. The van der Waals surface area contributed by atoms with Crippen LogP contribution in [0.4, 0.5) is 11.5 Å². The van der Waals surface area contributed by atoms with Crippen LogP contribution >= 0.6 is 0 Å². The average molecular weight is 433 g/mol. The number of anilines is 2. The van der Waals surface area contributed by atoms with Crippen LogP contribution in [0.2, 0.25) is 0 Å². The van der Waals surface area contributed by atoms with Crippen molar-refractivity contribution in [2.75, 3.05) is 32.8 Å². The summed E-state index contributed by atoms with van der Waals surface area (Å²) >= 11 is 0. The van der Waals surface area contributed by atoms with E-state index in [0.717, 1.165) is 5.69 Å². The number of nitrogens with one attached hydrogen (secondary N) is 2. The van der Waals surface area contributed by atoms with E-state index in [1.807, 2.05) is 18.2 Å². The van der Waals surface area contributed by atoms with Crippen molar-refractivity contribution in [1.29, 1.82) is 5.26 Å². The second-order valence-corrected chi connectivity index (χ2v) is 6.99. The SMILES string of the molecule is COc1cc(-c2[nH]c3c(C#N)cnn3c2Nc2ccc3c(c2)OCCO3)cc(O)c1OC. The zero-order chi connectivity index (χ0) is 22.2. The second kappa shape index (κ2) is 7.63. The summed E-state index contributed by atoms with van der Waals surface area (Å²) in [6.07, 6.45) is 1.48. The molecular weight excluding hydrogens is 414 g/mol. The number of nitriles is 1. The number of methoxy groups -OCH3 is 2. The number of hydrogen-bond donors (Lipinski definition) is 3. The fourth-order valence-electron chi connectivity index (χ4n) is 3.67. The monoisotopic (exact) mass is 433 g/mol. The maximum atomic E-state index is 10.5. The Morgan fingerprint density at radius 2 is 1.97 bits per heavy atom. The summed E-state index contributed by atoms with van der Waals surface area (Å²) in [5.74, 6) is 2.38. The average Bonchev–Trinajstić information content (AvgIpc) is 3.38. The highest BCUT2D eigenvalue weighted by molar-refractivity contribution is 5.83. The Morgan fingerprint density at radius 1 is 1.16 bits per heavy atom. The largest absolute Gasteiger partial charge is 0.504 e. The van der Waals surface area contributed by atoms with E-state index in [-0.39, 0.29) is 11.5 Å². The standard InChI is InChI=1S/C22H19N5O5/c1-29-18-8-12(7-15(28)20(18)30-2)19-22(27-21(26-19)13(10-23)11-24-27)25-14-3-4-16-17(9-14)32-6-5-31-16/h3-4,7-9,11,25-26,28H,5-6H2,1-2H3. The number of ether oxygens (including phenoxy) is 4. The van der Waals surface area contributed by atoms with Crippen LogP contribution < -0.4 is 24.3 Å². The van der Waals surface area contributed by atoms with Gasteiger partial charge in [-0.1, -0.05) is 0 Å². The van der Waals surface area contributed by atoms with Gasteiger partial charge < -0.3 is 34.4 Å². The van der Waals surface area contributed by atoms with Crippen LogP contribution in [0.1, 0.15) is 5.56 Å². The molecule has 3 N–H and O–H groups in total. The molecule has 1 aliphatic rings. The fourth-order valence-corrected chi connectivity index (χ4v) is 3.67. The number of benzene rings is 2. The molecule has 2 aromatic heterocycles. The molecule has 32 heavy (non-hydrogen) atoms. The summed E-state index contributed by atoms with van der Waals surface area (Å²) in [7, 11) is 2.94. The Balaban J connectivity index is 1.66. The lowest BCUT2D eigenvalue weighted by atomic mass is 10.1. The number of nitrogens with zero attached hydrogens (tertiary/aromatic N) is 3. The number of aromatic nitrogens is 3. The summed E-state index contributed by atoms with van der Waals surface area (Å²) in [6, 6.07) is 10.9. The molecule has 0 saturated carbocycles. The quantitative estimate of drug-likeness (QED) is 0.437. The molecule has 0 radical (unpaired) electrons. The Labute approximate surface area is 182 Å². The van der Waals surface area contributed by atoms with Crippen LogP contribution in [-0.4, -0.2) is 47.1 Å². The van der Waals surface area contributed by atoms with E-state index in [9.17, 15) is 10.4 Å². The van der Waals surface area contributed by atoms with E-state index < -0.39 is 0 Å². The molecular formula is C22H19N5O5. The summed E-state index contributed by atoms with van der Waals surface area (Å²) in [4.78, 5) is 3.23. The van der Waals surface area contributed by atoms with E-state index >= 15 is 0 Å². The van der Waals surface area contributed by atoms with Gasteiger partial charge in [-0.2, -0.15) is 14.9 Å². The number of H-pyrrole nitrogens is 1. The van der Waals surface area contributed by atoms with Crippen molar-refractivity contribution >= 4 is 17.2 Å². The molecule has 0 spiro atoms. The number of phenolic OH excluding ortho intramolecular Hbond substituents is 1. The Hall–Kier alpha value is -4.52. The van der Waals surface area contributed by atoms with Gasteiger partial charge in [-0.05, 0) is 24.3 Å². The molecule has 10 nitrogen and oxygen atoms in total. The zero-order valence-corrected chi connectivity index (χ0v) is 17.3. The molecule has 0 aliphatic carbocycles. The van der Waals surface area contributed by atoms with Gasteiger partial charge in [-0.3, -0.25) is 0 Å². The second-order valence-electron chi connectivity index (χ2n) is 6.99. The first kappa shape index (κ1) is 19.4. The van der Waals surface area contributed by atoms with Gasteiger partial charge in [0.15, 0.2) is 34.5 Å². The number of fused-ring (bicyclic) bond motifs is 2. The summed E-state index contributed by atoms with van der Waals surface area (Å²) in [5, 5.41) is 27.6. The van der Waals surface area contributed by atoms with E-state index in [0.29, 0.717) is 58.7 Å². The molecule has 0 atom stereocenters. The van der Waals surface area contributed by atoms with Gasteiger partial charge in [0, 0.05) is 17.3 Å². The van der Waals surface area contributed by atoms with Crippen LogP contribution in [0.3, 0.4) is 0 Å². The van der Waals surface area contributed by atoms with Crippen LogP contribution in [0, 0.1) is 11.3 Å². The first-order chi connectivity index (χ1) is 15.6. The van der Waals surface area contributed by atoms with Gasteiger partial charge in [0.25, 0.3) is 0 Å². The molecule has 0 amide bonds. The lowest BCUT2D eigenvalue weighted by Crippen LogP contribution is -2.15. The third-order valence-corrected chi connectivity index (χ3v) is 5.13. The van der Waals surface area contributed by atoms with Crippen LogP contribution in [0.15, 0.2) is 36.5 Å². The summed E-state index contributed by atoms with van der Waals surface area (Å²) in [5.41, 5.74) is 2.82. The molecule has 10 heteroatoms. The van der Waals surface area contributed by atoms with Crippen LogP contribution in [0.5, 0.6) is 28.7 Å². The van der Waals surface area contributed by atoms with Crippen molar-refractivity contribution in [1.82, 2.24) is 14.6 Å². The van der Waals surface area contributed by atoms with Crippen molar-refractivity contribution in [2.45, 2.75) is 0 Å². The first-order valence-corrected chi connectivity index (χ1v) is 9.74. The summed E-state index contributed by atoms with van der Waals surface area (Å²) in [6.45, 7) is 0.987. The first-order valence-electron chi connectivity index (χ1n) is 9.74. The van der Waals surface area contributed by atoms with E-state index in [2.05, 4.69) is 21.5 Å². The molecule has 4 aromatic rings. The molecule has 0 fully saturated rings. The molecule has 5 rings (SSSR count). The molecule has 162 valence electrons. The summed E-state index contributed by atoms with van der Waals surface area (Å²) < 4.78 is 23.5.